The Morgan fingerprint density at radius 3 is 2.78 bits per heavy atom. The van der Waals surface area contributed by atoms with Crippen molar-refractivity contribution in [3.63, 3.8) is 0 Å². The van der Waals surface area contributed by atoms with Gasteiger partial charge in [0.15, 0.2) is 0 Å². The van der Waals surface area contributed by atoms with E-state index < -0.39 is 0 Å². The van der Waals surface area contributed by atoms with Gasteiger partial charge < -0.3 is 4.90 Å². The fourth-order valence-corrected chi connectivity index (χ4v) is 2.98. The van der Waals surface area contributed by atoms with E-state index in [0.29, 0.717) is 11.8 Å². The Labute approximate surface area is 108 Å². The van der Waals surface area contributed by atoms with Crippen LogP contribution in [-0.4, -0.2) is 22.3 Å². The highest BCUT2D eigenvalue weighted by Crippen LogP contribution is 2.36. The van der Waals surface area contributed by atoms with E-state index in [1.165, 1.54) is 6.42 Å². The molecule has 3 heteroatoms. The van der Waals surface area contributed by atoms with Crippen molar-refractivity contribution in [1.82, 2.24) is 9.88 Å². The molecule has 1 aromatic rings. The highest BCUT2D eigenvalue weighted by atomic mass is 16.2. The van der Waals surface area contributed by atoms with Crippen LogP contribution in [-0.2, 0) is 4.79 Å². The average molecular weight is 244 g/mol. The lowest BCUT2D eigenvalue weighted by Gasteiger charge is -2.32. The molecule has 96 valence electrons. The quantitative estimate of drug-likeness (QED) is 0.801. The van der Waals surface area contributed by atoms with Gasteiger partial charge in [0.1, 0.15) is 0 Å². The van der Waals surface area contributed by atoms with E-state index in [0.717, 1.165) is 43.6 Å². The summed E-state index contributed by atoms with van der Waals surface area (Å²) in [5.41, 5.74) is 2.11. The molecule has 3 rings (SSSR count). The maximum atomic E-state index is 12.4. The van der Waals surface area contributed by atoms with E-state index in [1.807, 2.05) is 19.1 Å². The number of hydrogen-bond acceptors (Lipinski definition) is 2. The molecule has 2 fully saturated rings. The van der Waals surface area contributed by atoms with Crippen LogP contribution < -0.4 is 0 Å². The van der Waals surface area contributed by atoms with Gasteiger partial charge in [0.25, 0.3) is 0 Å². The van der Waals surface area contributed by atoms with Gasteiger partial charge in [-0.25, -0.2) is 0 Å². The van der Waals surface area contributed by atoms with Gasteiger partial charge in [-0.15, -0.1) is 0 Å². The first-order valence-electron chi connectivity index (χ1n) is 7.00. The SMILES string of the molecule is Cc1cccc(C2CCCN2C(=O)C2CCC2)n1. The molecule has 0 bridgehead atoms. The van der Waals surface area contributed by atoms with Crippen LogP contribution in [0.15, 0.2) is 18.2 Å². The van der Waals surface area contributed by atoms with Gasteiger partial charge >= 0.3 is 0 Å². The molecule has 1 atom stereocenters. The van der Waals surface area contributed by atoms with Gasteiger partial charge in [0.05, 0.1) is 11.7 Å². The van der Waals surface area contributed by atoms with Crippen LogP contribution in [0.2, 0.25) is 0 Å². The molecule has 1 saturated heterocycles. The van der Waals surface area contributed by atoms with E-state index in [1.54, 1.807) is 0 Å². The third-order valence-corrected chi connectivity index (χ3v) is 4.24. The van der Waals surface area contributed by atoms with Crippen molar-refractivity contribution in [3.05, 3.63) is 29.6 Å². The number of likely N-dealkylation sites (tertiary alicyclic amines) is 1. The Balaban J connectivity index is 1.80. The first-order valence-corrected chi connectivity index (χ1v) is 7.00. The topological polar surface area (TPSA) is 33.2 Å². The Bertz CT molecular complexity index is 454. The van der Waals surface area contributed by atoms with E-state index in [2.05, 4.69) is 16.0 Å². The van der Waals surface area contributed by atoms with Gasteiger partial charge in [-0.3, -0.25) is 9.78 Å². The van der Waals surface area contributed by atoms with E-state index in [9.17, 15) is 4.79 Å². The summed E-state index contributed by atoms with van der Waals surface area (Å²) >= 11 is 0. The zero-order chi connectivity index (χ0) is 12.5. The number of aromatic nitrogens is 1. The van der Waals surface area contributed by atoms with E-state index in [-0.39, 0.29) is 6.04 Å². The van der Waals surface area contributed by atoms with Crippen LogP contribution in [0.3, 0.4) is 0 Å². The monoisotopic (exact) mass is 244 g/mol. The second kappa shape index (κ2) is 4.71. The van der Waals surface area contributed by atoms with Crippen LogP contribution in [0.4, 0.5) is 0 Å². The molecule has 0 aromatic carbocycles. The first kappa shape index (κ1) is 11.7. The molecule has 1 aliphatic carbocycles. The van der Waals surface area contributed by atoms with Crippen molar-refractivity contribution in [2.75, 3.05) is 6.54 Å². The molecule has 0 N–H and O–H groups in total. The van der Waals surface area contributed by atoms with Crippen molar-refractivity contribution in [2.45, 2.75) is 45.1 Å². The fraction of sp³-hybridized carbons (Fsp3) is 0.600. The number of aryl methyl sites for hydroxylation is 1. The molecular formula is C15H20N2O. The summed E-state index contributed by atoms with van der Waals surface area (Å²) in [6, 6.07) is 6.33. The summed E-state index contributed by atoms with van der Waals surface area (Å²) < 4.78 is 0. The molecule has 1 aliphatic heterocycles. The molecule has 18 heavy (non-hydrogen) atoms. The summed E-state index contributed by atoms with van der Waals surface area (Å²) in [4.78, 5) is 19.1. The molecular weight excluding hydrogens is 224 g/mol. The fourth-order valence-electron chi connectivity index (χ4n) is 2.98. The van der Waals surface area contributed by atoms with Gasteiger partial charge in [-0.05, 0) is 44.7 Å². The third-order valence-electron chi connectivity index (χ3n) is 4.24. The number of rotatable bonds is 2. The van der Waals surface area contributed by atoms with Gasteiger partial charge in [0.2, 0.25) is 5.91 Å². The maximum absolute atomic E-state index is 12.4. The Kier molecular flexibility index (Phi) is 3.06. The van der Waals surface area contributed by atoms with Crippen LogP contribution >= 0.6 is 0 Å². The van der Waals surface area contributed by atoms with Crippen LogP contribution in [0.5, 0.6) is 0 Å². The van der Waals surface area contributed by atoms with E-state index >= 15 is 0 Å². The number of amides is 1. The van der Waals surface area contributed by atoms with Crippen LogP contribution in [0, 0.1) is 12.8 Å². The predicted octanol–water partition coefficient (Wildman–Crippen LogP) is 2.85. The minimum Gasteiger partial charge on any atom is -0.334 e. The summed E-state index contributed by atoms with van der Waals surface area (Å²) in [7, 11) is 0. The molecule has 1 unspecified atom stereocenters. The minimum atomic E-state index is 0.220. The third kappa shape index (κ3) is 2.02. The van der Waals surface area contributed by atoms with Gasteiger partial charge in [0, 0.05) is 18.2 Å². The molecule has 2 heterocycles. The van der Waals surface area contributed by atoms with E-state index in [4.69, 9.17) is 0 Å². The summed E-state index contributed by atoms with van der Waals surface area (Å²) in [5, 5.41) is 0. The smallest absolute Gasteiger partial charge is 0.226 e. The highest BCUT2D eigenvalue weighted by molar-refractivity contribution is 5.80. The molecule has 1 aromatic heterocycles. The zero-order valence-electron chi connectivity index (χ0n) is 10.9. The molecule has 2 aliphatic rings. The lowest BCUT2D eigenvalue weighted by molar-refractivity contribution is -0.139. The maximum Gasteiger partial charge on any atom is 0.226 e. The normalized spacial score (nSPS) is 24.1. The van der Waals surface area contributed by atoms with Crippen molar-refractivity contribution in [3.8, 4) is 0 Å². The average Bonchev–Trinajstić information content (AvgIpc) is 2.75. The van der Waals surface area contributed by atoms with Gasteiger partial charge in [-0.2, -0.15) is 0 Å². The van der Waals surface area contributed by atoms with Crippen molar-refractivity contribution in [2.24, 2.45) is 5.92 Å². The summed E-state index contributed by atoms with van der Waals surface area (Å²) in [6.45, 7) is 2.92. The molecule has 3 nitrogen and oxygen atoms in total. The second-order valence-corrected chi connectivity index (χ2v) is 5.52. The Morgan fingerprint density at radius 2 is 2.11 bits per heavy atom. The molecule has 1 saturated carbocycles. The predicted molar refractivity (Wildman–Crippen MR) is 70.0 cm³/mol. The standard InChI is InChI=1S/C15H20N2O/c1-11-5-2-8-13(16-11)14-9-4-10-17(14)15(18)12-6-3-7-12/h2,5,8,12,14H,3-4,6-7,9-10H2,1H3. The molecule has 1 amide bonds. The van der Waals surface area contributed by atoms with Crippen LogP contribution in [0.1, 0.15) is 49.5 Å². The minimum absolute atomic E-state index is 0.220. The van der Waals surface area contributed by atoms with Crippen LogP contribution in [0.25, 0.3) is 0 Å². The largest absolute Gasteiger partial charge is 0.334 e. The second-order valence-electron chi connectivity index (χ2n) is 5.52. The number of pyridine rings is 1. The number of nitrogens with zero attached hydrogens (tertiary/aromatic N) is 2. The van der Waals surface area contributed by atoms with Crippen molar-refractivity contribution in [1.29, 1.82) is 0 Å². The van der Waals surface area contributed by atoms with Crippen molar-refractivity contribution < 1.29 is 4.79 Å². The summed E-state index contributed by atoms with van der Waals surface area (Å²) in [6.07, 6.45) is 5.57. The number of hydrogen-bond donors (Lipinski definition) is 0. The van der Waals surface area contributed by atoms with Crippen molar-refractivity contribution >= 4 is 5.91 Å². The number of carbonyl (C=O) groups is 1. The number of carbonyl (C=O) groups excluding carboxylic acids is 1. The Morgan fingerprint density at radius 1 is 1.28 bits per heavy atom. The molecule has 0 spiro atoms. The lowest BCUT2D eigenvalue weighted by atomic mass is 9.84. The molecule has 0 radical (unpaired) electrons. The highest BCUT2D eigenvalue weighted by Gasteiger charge is 2.36. The summed E-state index contributed by atoms with van der Waals surface area (Å²) in [5.74, 6) is 0.669. The van der Waals surface area contributed by atoms with Gasteiger partial charge in [-0.1, -0.05) is 12.5 Å². The lowest BCUT2D eigenvalue weighted by Crippen LogP contribution is -2.38. The Hall–Kier alpha value is -1.38. The first-order chi connectivity index (χ1) is 8.75. The zero-order valence-corrected chi connectivity index (χ0v) is 10.9.